The predicted octanol–water partition coefficient (Wildman–Crippen LogP) is 10.3. The summed E-state index contributed by atoms with van der Waals surface area (Å²) < 4.78 is 5.60. The van der Waals surface area contributed by atoms with Crippen LogP contribution in [0.5, 0.6) is 5.75 Å². The summed E-state index contributed by atoms with van der Waals surface area (Å²) in [5, 5.41) is 3.21. The van der Waals surface area contributed by atoms with Gasteiger partial charge in [-0.1, -0.05) is 136 Å². The number of carbonyl (C=O) groups is 1. The lowest BCUT2D eigenvalue weighted by Gasteiger charge is -2.05. The zero-order valence-corrected chi connectivity index (χ0v) is 24.5. The lowest BCUT2D eigenvalue weighted by Crippen LogP contribution is -2.06. The molecule has 1 aromatic rings. The van der Waals surface area contributed by atoms with E-state index in [0.29, 0.717) is 5.56 Å². The van der Waals surface area contributed by atoms with Gasteiger partial charge in [0, 0.05) is 5.56 Å². The average Bonchev–Trinajstić information content (AvgIpc) is 2.91. The third kappa shape index (κ3) is 25.7. The Hall–Kier alpha value is -1.35. The van der Waals surface area contributed by atoms with Crippen LogP contribution in [0.4, 0.5) is 0 Å². The molecule has 0 radical (unpaired) electrons. The lowest BCUT2D eigenvalue weighted by atomic mass is 10.0. The SMILES string of the molecule is CCCCCCCCCCCCCCCCCNC.CCCCCCCCOc1ccc(C=O)cc1. The highest BCUT2D eigenvalue weighted by Crippen LogP contribution is 2.14. The van der Waals surface area contributed by atoms with Crippen LogP contribution < -0.4 is 10.1 Å². The van der Waals surface area contributed by atoms with Gasteiger partial charge in [-0.25, -0.2) is 0 Å². The Balaban J connectivity index is 0.000000684. The Kier molecular flexibility index (Phi) is 28.8. The molecule has 3 nitrogen and oxygen atoms in total. The molecule has 0 bridgehead atoms. The lowest BCUT2D eigenvalue weighted by molar-refractivity contribution is 0.112. The topological polar surface area (TPSA) is 38.3 Å². The van der Waals surface area contributed by atoms with Crippen molar-refractivity contribution >= 4 is 6.29 Å². The van der Waals surface area contributed by atoms with Crippen molar-refractivity contribution in [3.63, 3.8) is 0 Å². The molecule has 210 valence electrons. The van der Waals surface area contributed by atoms with Gasteiger partial charge in [0.1, 0.15) is 12.0 Å². The van der Waals surface area contributed by atoms with E-state index in [-0.39, 0.29) is 0 Å². The van der Waals surface area contributed by atoms with Gasteiger partial charge in [-0.05, 0) is 50.7 Å². The van der Waals surface area contributed by atoms with Crippen LogP contribution in [0.1, 0.15) is 159 Å². The van der Waals surface area contributed by atoms with Gasteiger partial charge in [0.15, 0.2) is 0 Å². The molecule has 0 aromatic heterocycles. The van der Waals surface area contributed by atoms with Crippen LogP contribution >= 0.6 is 0 Å². The molecule has 0 unspecified atom stereocenters. The fourth-order valence-corrected chi connectivity index (χ4v) is 4.39. The van der Waals surface area contributed by atoms with Gasteiger partial charge in [-0.15, -0.1) is 0 Å². The maximum Gasteiger partial charge on any atom is 0.150 e. The van der Waals surface area contributed by atoms with E-state index in [1.54, 1.807) is 12.1 Å². The Labute approximate surface area is 225 Å². The molecule has 0 heterocycles. The van der Waals surface area contributed by atoms with Gasteiger partial charge in [0.2, 0.25) is 0 Å². The second-order valence-electron chi connectivity index (χ2n) is 10.4. The first-order valence-corrected chi connectivity index (χ1v) is 15.6. The van der Waals surface area contributed by atoms with E-state index in [2.05, 4.69) is 19.2 Å². The summed E-state index contributed by atoms with van der Waals surface area (Å²) >= 11 is 0. The van der Waals surface area contributed by atoms with Gasteiger partial charge < -0.3 is 10.1 Å². The van der Waals surface area contributed by atoms with Crippen LogP contribution in [0, 0.1) is 0 Å². The van der Waals surface area contributed by atoms with Crippen LogP contribution in [0.3, 0.4) is 0 Å². The van der Waals surface area contributed by atoms with Crippen LogP contribution in [-0.2, 0) is 0 Å². The van der Waals surface area contributed by atoms with Gasteiger partial charge >= 0.3 is 0 Å². The summed E-state index contributed by atoms with van der Waals surface area (Å²) in [5.74, 6) is 0.851. The summed E-state index contributed by atoms with van der Waals surface area (Å²) in [6.45, 7) is 6.48. The molecule has 0 saturated carbocycles. The molecule has 0 atom stereocenters. The zero-order chi connectivity index (χ0) is 26.4. The number of aldehydes is 1. The van der Waals surface area contributed by atoms with E-state index in [9.17, 15) is 4.79 Å². The van der Waals surface area contributed by atoms with Crippen LogP contribution in [0.2, 0.25) is 0 Å². The van der Waals surface area contributed by atoms with E-state index >= 15 is 0 Å². The second kappa shape index (κ2) is 29.9. The standard InChI is InChI=1S/C18H39N.C15H22O2/c1-3-4-5-6-7-8-9-10-11-12-13-14-15-16-17-18-19-2;1-2-3-4-5-6-7-12-17-15-10-8-14(13-16)9-11-15/h19H,3-18H2,1-2H3;8-11,13H,2-7,12H2,1H3. The number of benzene rings is 1. The number of hydrogen-bond donors (Lipinski definition) is 1. The van der Waals surface area contributed by atoms with Gasteiger partial charge in [-0.3, -0.25) is 4.79 Å². The average molecular weight is 504 g/mol. The highest BCUT2D eigenvalue weighted by molar-refractivity contribution is 5.74. The Morgan fingerprint density at radius 3 is 1.36 bits per heavy atom. The first-order chi connectivity index (χ1) is 17.8. The molecule has 0 aliphatic rings. The van der Waals surface area contributed by atoms with Crippen molar-refractivity contribution in [3.05, 3.63) is 29.8 Å². The normalized spacial score (nSPS) is 10.6. The van der Waals surface area contributed by atoms with Crippen molar-refractivity contribution in [1.29, 1.82) is 0 Å². The first-order valence-electron chi connectivity index (χ1n) is 15.6. The third-order valence-electron chi connectivity index (χ3n) is 6.81. The maximum atomic E-state index is 10.5. The molecule has 0 aliphatic heterocycles. The van der Waals surface area contributed by atoms with E-state index in [4.69, 9.17) is 4.74 Å². The van der Waals surface area contributed by atoms with Gasteiger partial charge in [-0.2, -0.15) is 0 Å². The number of rotatable bonds is 25. The second-order valence-corrected chi connectivity index (χ2v) is 10.4. The van der Waals surface area contributed by atoms with Crippen molar-refractivity contribution in [2.45, 2.75) is 149 Å². The quantitative estimate of drug-likeness (QED) is 0.106. The summed E-state index contributed by atoms with van der Waals surface area (Å²) in [7, 11) is 2.05. The fourth-order valence-electron chi connectivity index (χ4n) is 4.39. The number of nitrogens with one attached hydrogen (secondary N) is 1. The maximum absolute atomic E-state index is 10.5. The van der Waals surface area contributed by atoms with Crippen molar-refractivity contribution < 1.29 is 9.53 Å². The minimum Gasteiger partial charge on any atom is -0.494 e. The Bertz CT molecular complexity index is 527. The molecule has 0 spiro atoms. The largest absolute Gasteiger partial charge is 0.494 e. The zero-order valence-electron chi connectivity index (χ0n) is 24.5. The molecule has 1 aromatic carbocycles. The monoisotopic (exact) mass is 503 g/mol. The number of hydrogen-bond acceptors (Lipinski definition) is 3. The molecule has 3 heteroatoms. The van der Waals surface area contributed by atoms with E-state index in [1.165, 1.54) is 135 Å². The smallest absolute Gasteiger partial charge is 0.150 e. The molecule has 0 aliphatic carbocycles. The summed E-state index contributed by atoms with van der Waals surface area (Å²) in [5.41, 5.74) is 0.692. The molecular weight excluding hydrogens is 442 g/mol. The van der Waals surface area contributed by atoms with Gasteiger partial charge in [0.25, 0.3) is 0 Å². The van der Waals surface area contributed by atoms with Crippen molar-refractivity contribution in [3.8, 4) is 5.75 Å². The first kappa shape index (κ1) is 34.6. The van der Waals surface area contributed by atoms with E-state index in [0.717, 1.165) is 25.1 Å². The summed E-state index contributed by atoms with van der Waals surface area (Å²) in [6.07, 6.45) is 30.2. The van der Waals surface area contributed by atoms with E-state index in [1.807, 2.05) is 19.2 Å². The minimum atomic E-state index is 0.692. The number of unbranched alkanes of at least 4 members (excludes halogenated alkanes) is 19. The highest BCUT2D eigenvalue weighted by atomic mass is 16.5. The van der Waals surface area contributed by atoms with Crippen molar-refractivity contribution in [2.75, 3.05) is 20.2 Å². The van der Waals surface area contributed by atoms with Crippen molar-refractivity contribution in [2.24, 2.45) is 0 Å². The van der Waals surface area contributed by atoms with E-state index < -0.39 is 0 Å². The fraction of sp³-hybridized carbons (Fsp3) is 0.788. The Morgan fingerprint density at radius 2 is 0.972 bits per heavy atom. The van der Waals surface area contributed by atoms with Crippen LogP contribution in [0.25, 0.3) is 0 Å². The third-order valence-corrected chi connectivity index (χ3v) is 6.81. The number of carbonyl (C=O) groups excluding carboxylic acids is 1. The molecule has 0 amide bonds. The number of ether oxygens (including phenoxy) is 1. The molecule has 0 fully saturated rings. The Morgan fingerprint density at radius 1 is 0.583 bits per heavy atom. The predicted molar refractivity (Wildman–Crippen MR) is 160 cm³/mol. The van der Waals surface area contributed by atoms with Crippen LogP contribution in [-0.4, -0.2) is 26.5 Å². The molecule has 36 heavy (non-hydrogen) atoms. The summed E-state index contributed by atoms with van der Waals surface area (Å²) in [6, 6.07) is 7.26. The van der Waals surface area contributed by atoms with Gasteiger partial charge in [0.05, 0.1) is 6.61 Å². The molecule has 1 N–H and O–H groups in total. The van der Waals surface area contributed by atoms with Crippen LogP contribution in [0.15, 0.2) is 24.3 Å². The molecule has 1 rings (SSSR count). The summed E-state index contributed by atoms with van der Waals surface area (Å²) in [4.78, 5) is 10.5. The molecular formula is C33H61NO2. The molecule has 0 saturated heterocycles. The van der Waals surface area contributed by atoms with Crippen molar-refractivity contribution in [1.82, 2.24) is 5.32 Å². The minimum absolute atomic E-state index is 0.692. The highest BCUT2D eigenvalue weighted by Gasteiger charge is 1.96.